The Labute approximate surface area is 115 Å². The first-order chi connectivity index (χ1) is 9.18. The van der Waals surface area contributed by atoms with Gasteiger partial charge in [0.05, 0.1) is 0 Å². The molecule has 0 radical (unpaired) electrons. The summed E-state index contributed by atoms with van der Waals surface area (Å²) in [4.78, 5) is 11.8. The van der Waals surface area contributed by atoms with Crippen molar-refractivity contribution < 1.29 is 9.53 Å². The third-order valence-electron chi connectivity index (χ3n) is 3.79. The molecule has 102 valence electrons. The van der Waals surface area contributed by atoms with Gasteiger partial charge in [0, 0.05) is 11.5 Å². The van der Waals surface area contributed by atoms with Crippen molar-refractivity contribution in [3.05, 3.63) is 48.0 Å². The molecule has 1 atom stereocenters. The second-order valence-corrected chi connectivity index (χ2v) is 5.42. The van der Waals surface area contributed by atoms with Crippen molar-refractivity contribution in [3.63, 3.8) is 0 Å². The summed E-state index contributed by atoms with van der Waals surface area (Å²) in [7, 11) is 0. The molecule has 19 heavy (non-hydrogen) atoms. The smallest absolute Gasteiger partial charge is 0.333 e. The average molecular weight is 258 g/mol. The maximum Gasteiger partial charge on any atom is 0.333 e. The predicted molar refractivity (Wildman–Crippen MR) is 76.7 cm³/mol. The van der Waals surface area contributed by atoms with E-state index in [1.165, 1.54) is 19.3 Å². The van der Waals surface area contributed by atoms with Gasteiger partial charge in [-0.2, -0.15) is 0 Å². The molecule has 0 spiro atoms. The number of carbonyl (C=O) groups excluding carboxylic acids is 1. The van der Waals surface area contributed by atoms with E-state index >= 15 is 0 Å². The van der Waals surface area contributed by atoms with Crippen molar-refractivity contribution in [1.29, 1.82) is 0 Å². The summed E-state index contributed by atoms with van der Waals surface area (Å²) in [5.41, 5.74) is 1.57. The van der Waals surface area contributed by atoms with Gasteiger partial charge in [0.2, 0.25) is 0 Å². The van der Waals surface area contributed by atoms with Gasteiger partial charge in [-0.1, -0.05) is 56.2 Å². The van der Waals surface area contributed by atoms with Gasteiger partial charge in [0.1, 0.15) is 6.10 Å². The van der Waals surface area contributed by atoms with Crippen LogP contribution in [0.3, 0.4) is 0 Å². The third-order valence-corrected chi connectivity index (χ3v) is 3.79. The van der Waals surface area contributed by atoms with E-state index in [0.29, 0.717) is 11.5 Å². The fourth-order valence-corrected chi connectivity index (χ4v) is 2.73. The molecule has 0 aliphatic heterocycles. The quantitative estimate of drug-likeness (QED) is 0.590. The largest absolute Gasteiger partial charge is 0.454 e. The number of hydrogen-bond acceptors (Lipinski definition) is 2. The molecule has 1 unspecified atom stereocenters. The van der Waals surface area contributed by atoms with Crippen molar-refractivity contribution in [3.8, 4) is 0 Å². The van der Waals surface area contributed by atoms with Crippen LogP contribution in [-0.4, -0.2) is 5.97 Å². The van der Waals surface area contributed by atoms with E-state index in [9.17, 15) is 4.79 Å². The topological polar surface area (TPSA) is 26.3 Å². The SMILES string of the molecule is C=C(C)C(=O)OC(c1ccccc1)C1CCCCC1. The summed E-state index contributed by atoms with van der Waals surface area (Å²) in [6.45, 7) is 5.37. The lowest BCUT2D eigenvalue weighted by atomic mass is 9.82. The van der Waals surface area contributed by atoms with Crippen LogP contribution in [0.15, 0.2) is 42.5 Å². The van der Waals surface area contributed by atoms with Crippen LogP contribution in [0.4, 0.5) is 0 Å². The highest BCUT2D eigenvalue weighted by atomic mass is 16.5. The Bertz CT molecular complexity index is 430. The maximum atomic E-state index is 11.8. The van der Waals surface area contributed by atoms with Crippen LogP contribution < -0.4 is 0 Å². The van der Waals surface area contributed by atoms with E-state index in [1.807, 2.05) is 30.3 Å². The van der Waals surface area contributed by atoms with Gasteiger partial charge < -0.3 is 4.74 Å². The Kier molecular flexibility index (Phi) is 4.78. The first-order valence-corrected chi connectivity index (χ1v) is 7.10. The van der Waals surface area contributed by atoms with Crippen LogP contribution in [-0.2, 0) is 9.53 Å². The molecule has 0 bridgehead atoms. The van der Waals surface area contributed by atoms with Crippen molar-refractivity contribution in [2.45, 2.75) is 45.1 Å². The summed E-state index contributed by atoms with van der Waals surface area (Å²) >= 11 is 0. The van der Waals surface area contributed by atoms with E-state index in [-0.39, 0.29) is 12.1 Å². The summed E-state index contributed by atoms with van der Waals surface area (Å²) < 4.78 is 5.70. The summed E-state index contributed by atoms with van der Waals surface area (Å²) in [5, 5.41) is 0. The number of ether oxygens (including phenoxy) is 1. The Morgan fingerprint density at radius 3 is 2.42 bits per heavy atom. The zero-order chi connectivity index (χ0) is 13.7. The van der Waals surface area contributed by atoms with Gasteiger partial charge >= 0.3 is 5.97 Å². The molecule has 1 saturated carbocycles. The minimum atomic E-state index is -0.278. The predicted octanol–water partition coefficient (Wildman–Crippen LogP) is 4.43. The summed E-state index contributed by atoms with van der Waals surface area (Å²) in [5.74, 6) is 0.166. The average Bonchev–Trinajstić information content (AvgIpc) is 2.46. The second-order valence-electron chi connectivity index (χ2n) is 5.42. The van der Waals surface area contributed by atoms with Gasteiger partial charge in [-0.3, -0.25) is 0 Å². The van der Waals surface area contributed by atoms with E-state index in [1.54, 1.807) is 6.92 Å². The fourth-order valence-electron chi connectivity index (χ4n) is 2.73. The minimum Gasteiger partial charge on any atom is -0.454 e. The molecule has 2 heteroatoms. The molecule has 0 N–H and O–H groups in total. The highest BCUT2D eigenvalue weighted by Crippen LogP contribution is 2.37. The van der Waals surface area contributed by atoms with Crippen LogP contribution in [0.25, 0.3) is 0 Å². The van der Waals surface area contributed by atoms with E-state index in [2.05, 4.69) is 6.58 Å². The molecule has 1 aliphatic rings. The molecule has 1 aliphatic carbocycles. The molecule has 2 rings (SSSR count). The molecule has 0 heterocycles. The van der Waals surface area contributed by atoms with Crippen LogP contribution in [0.1, 0.15) is 50.7 Å². The zero-order valence-corrected chi connectivity index (χ0v) is 11.6. The minimum absolute atomic E-state index is 0.120. The summed E-state index contributed by atoms with van der Waals surface area (Å²) in [6, 6.07) is 10.1. The lowest BCUT2D eigenvalue weighted by molar-refractivity contribution is -0.148. The van der Waals surface area contributed by atoms with Crippen LogP contribution in [0.2, 0.25) is 0 Å². The standard InChI is InChI=1S/C17H22O2/c1-13(2)17(18)19-16(14-9-5-3-6-10-14)15-11-7-4-8-12-15/h3,5-6,9-10,15-16H,1,4,7-8,11-12H2,2H3. The third kappa shape index (κ3) is 3.69. The molecule has 1 aromatic carbocycles. The Balaban J connectivity index is 2.17. The monoisotopic (exact) mass is 258 g/mol. The summed E-state index contributed by atoms with van der Waals surface area (Å²) in [6.07, 6.45) is 5.93. The first kappa shape index (κ1) is 13.9. The van der Waals surface area contributed by atoms with Crippen molar-refractivity contribution in [2.24, 2.45) is 5.92 Å². The number of hydrogen-bond donors (Lipinski definition) is 0. The van der Waals surface area contributed by atoms with Gasteiger partial charge in [-0.25, -0.2) is 4.79 Å². The number of rotatable bonds is 4. The molecular weight excluding hydrogens is 236 g/mol. The number of esters is 1. The van der Waals surface area contributed by atoms with Gasteiger partial charge in [0.25, 0.3) is 0 Å². The molecule has 1 aromatic rings. The Morgan fingerprint density at radius 2 is 1.84 bits per heavy atom. The van der Waals surface area contributed by atoms with Gasteiger partial charge in [-0.15, -0.1) is 0 Å². The van der Waals surface area contributed by atoms with Gasteiger partial charge in [-0.05, 0) is 25.3 Å². The van der Waals surface area contributed by atoms with Crippen LogP contribution in [0, 0.1) is 5.92 Å². The van der Waals surface area contributed by atoms with E-state index in [4.69, 9.17) is 4.74 Å². The molecule has 0 amide bonds. The van der Waals surface area contributed by atoms with E-state index < -0.39 is 0 Å². The van der Waals surface area contributed by atoms with Crippen molar-refractivity contribution in [1.82, 2.24) is 0 Å². The van der Waals surface area contributed by atoms with Crippen molar-refractivity contribution in [2.75, 3.05) is 0 Å². The van der Waals surface area contributed by atoms with Crippen LogP contribution in [0.5, 0.6) is 0 Å². The second kappa shape index (κ2) is 6.55. The highest BCUT2D eigenvalue weighted by molar-refractivity contribution is 5.87. The number of benzene rings is 1. The number of carbonyl (C=O) groups is 1. The Morgan fingerprint density at radius 1 is 1.21 bits per heavy atom. The maximum absolute atomic E-state index is 11.8. The highest BCUT2D eigenvalue weighted by Gasteiger charge is 2.28. The molecule has 0 saturated heterocycles. The van der Waals surface area contributed by atoms with E-state index in [0.717, 1.165) is 18.4 Å². The Hall–Kier alpha value is -1.57. The normalized spacial score (nSPS) is 17.7. The molecule has 0 aromatic heterocycles. The van der Waals surface area contributed by atoms with Gasteiger partial charge in [0.15, 0.2) is 0 Å². The molecule has 1 fully saturated rings. The lowest BCUT2D eigenvalue weighted by Gasteiger charge is -2.30. The fraction of sp³-hybridized carbons (Fsp3) is 0.471. The zero-order valence-electron chi connectivity index (χ0n) is 11.6. The lowest BCUT2D eigenvalue weighted by Crippen LogP contribution is -2.22. The molecular formula is C17H22O2. The van der Waals surface area contributed by atoms with Crippen LogP contribution >= 0.6 is 0 Å². The first-order valence-electron chi connectivity index (χ1n) is 7.10. The van der Waals surface area contributed by atoms with Crippen molar-refractivity contribution >= 4 is 5.97 Å². The molecule has 2 nitrogen and oxygen atoms in total.